The molecule has 1 aromatic carbocycles. The molecule has 6 nitrogen and oxygen atoms in total. The Morgan fingerprint density at radius 2 is 1.52 bits per heavy atom. The number of carbonyl (C=O) groups is 2. The SMILES string of the molecule is CC1C(=O)N(c2ccc(CCS(=O)(=O)O)cc2)C(=O)C1C. The molecule has 1 aromatic rings. The van der Waals surface area contributed by atoms with Gasteiger partial charge in [0.15, 0.2) is 0 Å². The van der Waals surface area contributed by atoms with Crippen LogP contribution in [0.4, 0.5) is 5.69 Å². The van der Waals surface area contributed by atoms with E-state index in [2.05, 4.69) is 0 Å². The normalized spacial score (nSPS) is 22.9. The van der Waals surface area contributed by atoms with Crippen LogP contribution in [0.15, 0.2) is 24.3 Å². The third-order valence-corrected chi connectivity index (χ3v) is 4.53. The fourth-order valence-electron chi connectivity index (χ4n) is 2.26. The van der Waals surface area contributed by atoms with Crippen LogP contribution in [0, 0.1) is 11.8 Å². The van der Waals surface area contributed by atoms with E-state index in [1.54, 1.807) is 38.1 Å². The topological polar surface area (TPSA) is 91.8 Å². The molecular formula is C14H17NO5S. The van der Waals surface area contributed by atoms with Crippen molar-refractivity contribution in [3.05, 3.63) is 29.8 Å². The Labute approximate surface area is 123 Å². The molecule has 0 bridgehead atoms. The van der Waals surface area contributed by atoms with Crippen LogP contribution in [-0.4, -0.2) is 30.5 Å². The van der Waals surface area contributed by atoms with E-state index in [-0.39, 0.29) is 35.8 Å². The van der Waals surface area contributed by atoms with Gasteiger partial charge in [0, 0.05) is 11.8 Å². The molecule has 0 saturated carbocycles. The maximum atomic E-state index is 12.1. The average Bonchev–Trinajstić information content (AvgIpc) is 2.61. The van der Waals surface area contributed by atoms with Gasteiger partial charge in [0.25, 0.3) is 10.1 Å². The summed E-state index contributed by atoms with van der Waals surface area (Å²) in [5.74, 6) is -1.48. The van der Waals surface area contributed by atoms with Gasteiger partial charge in [-0.15, -0.1) is 0 Å². The van der Waals surface area contributed by atoms with Gasteiger partial charge in [-0.3, -0.25) is 19.0 Å². The molecule has 2 atom stereocenters. The summed E-state index contributed by atoms with van der Waals surface area (Å²) in [6, 6.07) is 6.52. The number of imide groups is 1. The van der Waals surface area contributed by atoms with Crippen molar-refractivity contribution < 1.29 is 22.6 Å². The number of carbonyl (C=O) groups excluding carboxylic acids is 2. The van der Waals surface area contributed by atoms with Gasteiger partial charge in [-0.1, -0.05) is 26.0 Å². The molecule has 0 radical (unpaired) electrons. The number of benzene rings is 1. The number of aryl methyl sites for hydroxylation is 1. The van der Waals surface area contributed by atoms with E-state index in [1.807, 2.05) is 0 Å². The van der Waals surface area contributed by atoms with Gasteiger partial charge >= 0.3 is 0 Å². The van der Waals surface area contributed by atoms with Gasteiger partial charge in [0.2, 0.25) is 11.8 Å². The zero-order valence-electron chi connectivity index (χ0n) is 11.8. The molecular weight excluding hydrogens is 294 g/mol. The maximum Gasteiger partial charge on any atom is 0.265 e. The second kappa shape index (κ2) is 5.57. The number of anilines is 1. The van der Waals surface area contributed by atoms with Crippen molar-refractivity contribution in [3.8, 4) is 0 Å². The standard InChI is InChI=1S/C14H17NO5S/c1-9-10(2)14(17)15(13(9)16)12-5-3-11(4-6-12)7-8-21(18,19)20/h3-6,9-10H,7-8H2,1-2H3,(H,18,19,20). The second-order valence-corrected chi connectivity index (χ2v) is 6.86. The Morgan fingerprint density at radius 3 is 1.95 bits per heavy atom. The average molecular weight is 311 g/mol. The highest BCUT2D eigenvalue weighted by molar-refractivity contribution is 7.85. The minimum atomic E-state index is -4.00. The fraction of sp³-hybridized carbons (Fsp3) is 0.429. The molecule has 2 amide bonds. The highest BCUT2D eigenvalue weighted by atomic mass is 32.2. The predicted octanol–water partition coefficient (Wildman–Crippen LogP) is 1.26. The summed E-state index contributed by atoms with van der Waals surface area (Å²) in [7, 11) is -4.00. The van der Waals surface area contributed by atoms with Gasteiger partial charge in [0.1, 0.15) is 0 Å². The third-order valence-electron chi connectivity index (χ3n) is 3.81. The van der Waals surface area contributed by atoms with Crippen LogP contribution in [0.2, 0.25) is 0 Å². The first kappa shape index (κ1) is 15.7. The number of nitrogens with zero attached hydrogens (tertiary/aromatic N) is 1. The van der Waals surface area contributed by atoms with E-state index in [0.717, 1.165) is 0 Å². The third kappa shape index (κ3) is 3.30. The first-order valence-corrected chi connectivity index (χ1v) is 8.23. The summed E-state index contributed by atoms with van der Waals surface area (Å²) in [5, 5.41) is 0. The van der Waals surface area contributed by atoms with Gasteiger partial charge in [-0.05, 0) is 24.1 Å². The number of amides is 2. The fourth-order valence-corrected chi connectivity index (χ4v) is 2.75. The van der Waals surface area contributed by atoms with Crippen molar-refractivity contribution >= 4 is 27.6 Å². The highest BCUT2D eigenvalue weighted by Gasteiger charge is 2.42. The van der Waals surface area contributed by atoms with Gasteiger partial charge in [-0.25, -0.2) is 0 Å². The van der Waals surface area contributed by atoms with E-state index in [1.165, 1.54) is 4.90 Å². The van der Waals surface area contributed by atoms with E-state index in [4.69, 9.17) is 4.55 Å². The van der Waals surface area contributed by atoms with Crippen LogP contribution in [0.1, 0.15) is 19.4 Å². The molecule has 1 heterocycles. The van der Waals surface area contributed by atoms with Crippen LogP contribution in [0.25, 0.3) is 0 Å². The van der Waals surface area contributed by atoms with E-state index < -0.39 is 10.1 Å². The zero-order valence-corrected chi connectivity index (χ0v) is 12.6. The number of hydrogen-bond acceptors (Lipinski definition) is 4. The lowest BCUT2D eigenvalue weighted by Crippen LogP contribution is -2.30. The van der Waals surface area contributed by atoms with Crippen molar-refractivity contribution in [2.75, 3.05) is 10.7 Å². The molecule has 2 rings (SSSR count). The predicted molar refractivity (Wildman–Crippen MR) is 77.4 cm³/mol. The monoisotopic (exact) mass is 311 g/mol. The van der Waals surface area contributed by atoms with Crippen molar-refractivity contribution in [2.45, 2.75) is 20.3 Å². The summed E-state index contributed by atoms with van der Waals surface area (Å²) >= 11 is 0. The molecule has 7 heteroatoms. The number of hydrogen-bond donors (Lipinski definition) is 1. The minimum absolute atomic E-state index is 0.174. The molecule has 114 valence electrons. The summed E-state index contributed by atoms with van der Waals surface area (Å²) in [6.45, 7) is 3.46. The summed E-state index contributed by atoms with van der Waals surface area (Å²) in [5.41, 5.74) is 1.19. The first-order chi connectivity index (χ1) is 9.70. The minimum Gasteiger partial charge on any atom is -0.286 e. The first-order valence-electron chi connectivity index (χ1n) is 6.62. The van der Waals surface area contributed by atoms with Crippen LogP contribution in [-0.2, 0) is 26.1 Å². The Morgan fingerprint density at radius 1 is 1.05 bits per heavy atom. The quantitative estimate of drug-likeness (QED) is 0.667. The largest absolute Gasteiger partial charge is 0.286 e. The lowest BCUT2D eigenvalue weighted by molar-refractivity contribution is -0.122. The van der Waals surface area contributed by atoms with Gasteiger partial charge in [-0.2, -0.15) is 8.42 Å². The Hall–Kier alpha value is -1.73. The van der Waals surface area contributed by atoms with E-state index >= 15 is 0 Å². The molecule has 0 spiro atoms. The molecule has 1 saturated heterocycles. The zero-order chi connectivity index (χ0) is 15.8. The van der Waals surface area contributed by atoms with Crippen LogP contribution >= 0.6 is 0 Å². The molecule has 2 unspecified atom stereocenters. The maximum absolute atomic E-state index is 12.1. The lowest BCUT2D eigenvalue weighted by Gasteiger charge is -2.15. The van der Waals surface area contributed by atoms with Crippen molar-refractivity contribution in [1.82, 2.24) is 0 Å². The van der Waals surface area contributed by atoms with Crippen molar-refractivity contribution in [2.24, 2.45) is 11.8 Å². The highest BCUT2D eigenvalue weighted by Crippen LogP contribution is 2.30. The Bertz CT molecular complexity index is 645. The summed E-state index contributed by atoms with van der Waals surface area (Å²) < 4.78 is 30.1. The Balaban J connectivity index is 2.16. The van der Waals surface area contributed by atoms with Crippen molar-refractivity contribution in [1.29, 1.82) is 0 Å². The lowest BCUT2D eigenvalue weighted by atomic mass is 10.00. The van der Waals surface area contributed by atoms with Crippen molar-refractivity contribution in [3.63, 3.8) is 0 Å². The molecule has 21 heavy (non-hydrogen) atoms. The van der Waals surface area contributed by atoms with Crippen LogP contribution < -0.4 is 4.90 Å². The van der Waals surface area contributed by atoms with Crippen LogP contribution in [0.5, 0.6) is 0 Å². The Kier molecular flexibility index (Phi) is 4.15. The molecule has 1 aliphatic heterocycles. The molecule has 0 aliphatic carbocycles. The van der Waals surface area contributed by atoms with Gasteiger partial charge < -0.3 is 0 Å². The van der Waals surface area contributed by atoms with E-state index in [0.29, 0.717) is 11.3 Å². The molecule has 1 N–H and O–H groups in total. The van der Waals surface area contributed by atoms with E-state index in [9.17, 15) is 18.0 Å². The summed E-state index contributed by atoms with van der Waals surface area (Å²) in [4.78, 5) is 25.3. The summed E-state index contributed by atoms with van der Waals surface area (Å²) in [6.07, 6.45) is 0.174. The molecule has 1 aliphatic rings. The molecule has 0 aromatic heterocycles. The van der Waals surface area contributed by atoms with Gasteiger partial charge in [0.05, 0.1) is 11.4 Å². The smallest absolute Gasteiger partial charge is 0.265 e. The van der Waals surface area contributed by atoms with Crippen LogP contribution in [0.3, 0.4) is 0 Å². The number of rotatable bonds is 4. The molecule has 1 fully saturated rings. The second-order valence-electron chi connectivity index (χ2n) is 5.29.